The van der Waals surface area contributed by atoms with Gasteiger partial charge >= 0.3 is 12.0 Å². The molecule has 0 heterocycles. The lowest BCUT2D eigenvalue weighted by atomic mass is 10.1. The Kier molecular flexibility index (Phi) is 5.23. The Morgan fingerprint density at radius 2 is 1.70 bits per heavy atom. The van der Waals surface area contributed by atoms with E-state index in [4.69, 9.17) is 5.11 Å². The van der Waals surface area contributed by atoms with Crippen LogP contribution >= 0.6 is 0 Å². The summed E-state index contributed by atoms with van der Waals surface area (Å²) in [6, 6.07) is -0.541. The highest BCUT2D eigenvalue weighted by Crippen LogP contribution is 2.25. The van der Waals surface area contributed by atoms with Crippen molar-refractivity contribution in [3.63, 3.8) is 0 Å². The van der Waals surface area contributed by atoms with E-state index in [1.54, 1.807) is 0 Å². The van der Waals surface area contributed by atoms with Crippen molar-refractivity contribution in [3.8, 4) is 0 Å². The first-order chi connectivity index (χ1) is 9.56. The van der Waals surface area contributed by atoms with E-state index in [-0.39, 0.29) is 24.0 Å². The summed E-state index contributed by atoms with van der Waals surface area (Å²) in [4.78, 5) is 22.8. The van der Waals surface area contributed by atoms with Gasteiger partial charge in [0.25, 0.3) is 0 Å². The number of rotatable bonds is 3. The number of aliphatic carboxylic acids is 1. The molecule has 4 N–H and O–H groups in total. The summed E-state index contributed by atoms with van der Waals surface area (Å²) in [7, 11) is 0. The second-order valence-electron chi connectivity index (χ2n) is 5.97. The fourth-order valence-electron chi connectivity index (χ4n) is 3.19. The highest BCUT2D eigenvalue weighted by Gasteiger charge is 2.31. The van der Waals surface area contributed by atoms with Crippen LogP contribution in [0.3, 0.4) is 0 Å². The second-order valence-corrected chi connectivity index (χ2v) is 5.97. The van der Waals surface area contributed by atoms with E-state index in [2.05, 4.69) is 10.6 Å². The molecule has 2 amide bonds. The Labute approximate surface area is 118 Å². The van der Waals surface area contributed by atoms with Gasteiger partial charge < -0.3 is 20.8 Å². The minimum atomic E-state index is -0.783. The molecule has 20 heavy (non-hydrogen) atoms. The Bertz CT molecular complexity index is 361. The van der Waals surface area contributed by atoms with Crippen LogP contribution in [-0.4, -0.2) is 40.4 Å². The minimum Gasteiger partial charge on any atom is -0.481 e. The maximum atomic E-state index is 11.9. The molecule has 0 radical (unpaired) electrons. The van der Waals surface area contributed by atoms with Gasteiger partial charge in [0.05, 0.1) is 18.1 Å². The average molecular weight is 284 g/mol. The summed E-state index contributed by atoms with van der Waals surface area (Å²) in [6.07, 6.45) is 6.00. The number of carboxylic acids is 1. The lowest BCUT2D eigenvalue weighted by molar-refractivity contribution is -0.141. The molecular formula is C14H24N2O4. The molecule has 0 saturated heterocycles. The molecule has 0 aromatic heterocycles. The third kappa shape index (κ3) is 4.10. The number of aliphatic hydroxyl groups is 1. The van der Waals surface area contributed by atoms with Crippen LogP contribution in [0.25, 0.3) is 0 Å². The lowest BCUT2D eigenvalue weighted by Gasteiger charge is -2.23. The van der Waals surface area contributed by atoms with Crippen molar-refractivity contribution in [1.82, 2.24) is 10.6 Å². The first kappa shape index (κ1) is 15.1. The number of amides is 2. The van der Waals surface area contributed by atoms with Crippen LogP contribution in [0.1, 0.15) is 51.4 Å². The highest BCUT2D eigenvalue weighted by molar-refractivity contribution is 5.75. The number of carbonyl (C=O) groups excluding carboxylic acids is 1. The summed E-state index contributed by atoms with van der Waals surface area (Å²) in [5.74, 6) is -1.13. The fraction of sp³-hybridized carbons (Fsp3) is 0.857. The van der Waals surface area contributed by atoms with Crippen LogP contribution in [0.15, 0.2) is 0 Å². The van der Waals surface area contributed by atoms with E-state index < -0.39 is 12.1 Å². The van der Waals surface area contributed by atoms with Crippen molar-refractivity contribution in [2.45, 2.75) is 69.6 Å². The molecule has 114 valence electrons. The van der Waals surface area contributed by atoms with E-state index in [1.807, 2.05) is 0 Å². The van der Waals surface area contributed by atoms with Gasteiger partial charge in [-0.25, -0.2) is 4.79 Å². The van der Waals surface area contributed by atoms with E-state index in [0.29, 0.717) is 19.3 Å². The van der Waals surface area contributed by atoms with E-state index in [1.165, 1.54) is 0 Å². The zero-order valence-electron chi connectivity index (χ0n) is 11.7. The summed E-state index contributed by atoms with van der Waals surface area (Å²) in [5, 5.41) is 24.5. The van der Waals surface area contributed by atoms with Crippen LogP contribution in [0.5, 0.6) is 0 Å². The van der Waals surface area contributed by atoms with Gasteiger partial charge in [-0.2, -0.15) is 0 Å². The lowest BCUT2D eigenvalue weighted by Crippen LogP contribution is -2.49. The molecule has 0 bridgehead atoms. The van der Waals surface area contributed by atoms with Crippen molar-refractivity contribution in [2.24, 2.45) is 5.92 Å². The third-order valence-corrected chi connectivity index (χ3v) is 4.41. The third-order valence-electron chi connectivity index (χ3n) is 4.41. The van der Waals surface area contributed by atoms with Crippen LogP contribution in [0, 0.1) is 5.92 Å². The van der Waals surface area contributed by atoms with E-state index in [0.717, 1.165) is 32.1 Å². The predicted octanol–water partition coefficient (Wildman–Crippen LogP) is 1.23. The van der Waals surface area contributed by atoms with Gasteiger partial charge in [0.15, 0.2) is 0 Å². The highest BCUT2D eigenvalue weighted by atomic mass is 16.4. The van der Waals surface area contributed by atoms with Crippen molar-refractivity contribution >= 4 is 12.0 Å². The molecule has 0 aromatic rings. The number of hydrogen-bond donors (Lipinski definition) is 4. The average Bonchev–Trinajstić information content (AvgIpc) is 2.76. The molecule has 4 atom stereocenters. The summed E-state index contributed by atoms with van der Waals surface area (Å²) in [5.41, 5.74) is 0. The Hall–Kier alpha value is -1.30. The molecule has 0 aromatic carbocycles. The Balaban J connectivity index is 1.76. The zero-order valence-corrected chi connectivity index (χ0v) is 11.7. The summed E-state index contributed by atoms with van der Waals surface area (Å²) in [6.45, 7) is 0. The number of hydrogen-bond acceptors (Lipinski definition) is 3. The van der Waals surface area contributed by atoms with Gasteiger partial charge in [-0.15, -0.1) is 0 Å². The molecule has 6 heteroatoms. The van der Waals surface area contributed by atoms with Gasteiger partial charge in [0.1, 0.15) is 0 Å². The van der Waals surface area contributed by atoms with Gasteiger partial charge in [-0.3, -0.25) is 4.79 Å². The summed E-state index contributed by atoms with van der Waals surface area (Å²) < 4.78 is 0. The topological polar surface area (TPSA) is 98.7 Å². The second kappa shape index (κ2) is 6.92. The van der Waals surface area contributed by atoms with Gasteiger partial charge in [0.2, 0.25) is 0 Å². The number of urea groups is 1. The number of aliphatic hydroxyl groups excluding tert-OH is 1. The van der Waals surface area contributed by atoms with Gasteiger partial charge in [0, 0.05) is 6.04 Å². The fourth-order valence-corrected chi connectivity index (χ4v) is 3.19. The van der Waals surface area contributed by atoms with E-state index >= 15 is 0 Å². The maximum absolute atomic E-state index is 11.9. The number of carboxylic acid groups (broad SMARTS) is 1. The molecule has 2 rings (SSSR count). The van der Waals surface area contributed by atoms with Gasteiger partial charge in [-0.1, -0.05) is 19.3 Å². The first-order valence-corrected chi connectivity index (χ1v) is 7.54. The van der Waals surface area contributed by atoms with Crippen molar-refractivity contribution in [3.05, 3.63) is 0 Å². The standard InChI is InChI=1S/C14H24N2O4/c17-12-5-3-1-2-4-11(12)16-14(20)15-10-7-6-9(8-10)13(18)19/h9-12,17H,1-8H2,(H,18,19)(H2,15,16,20)/t9-,10+,11?,12?/m1/s1. The van der Waals surface area contributed by atoms with Crippen LogP contribution in [0.2, 0.25) is 0 Å². The molecule has 2 aliphatic carbocycles. The molecule has 2 unspecified atom stereocenters. The molecule has 2 fully saturated rings. The normalized spacial score (nSPS) is 34.2. The molecular weight excluding hydrogens is 260 g/mol. The number of nitrogens with one attached hydrogen (secondary N) is 2. The van der Waals surface area contributed by atoms with E-state index in [9.17, 15) is 14.7 Å². The van der Waals surface area contributed by atoms with Crippen LogP contribution in [0.4, 0.5) is 4.79 Å². The molecule has 0 aliphatic heterocycles. The Morgan fingerprint density at radius 3 is 2.40 bits per heavy atom. The monoisotopic (exact) mass is 284 g/mol. The molecule has 2 saturated carbocycles. The zero-order chi connectivity index (χ0) is 14.5. The smallest absolute Gasteiger partial charge is 0.315 e. The largest absolute Gasteiger partial charge is 0.481 e. The Morgan fingerprint density at radius 1 is 0.950 bits per heavy atom. The maximum Gasteiger partial charge on any atom is 0.315 e. The van der Waals surface area contributed by atoms with Crippen molar-refractivity contribution < 1.29 is 19.8 Å². The molecule has 6 nitrogen and oxygen atoms in total. The predicted molar refractivity (Wildman–Crippen MR) is 73.3 cm³/mol. The summed E-state index contributed by atoms with van der Waals surface area (Å²) >= 11 is 0. The van der Waals surface area contributed by atoms with Crippen LogP contribution in [-0.2, 0) is 4.79 Å². The van der Waals surface area contributed by atoms with Gasteiger partial charge in [-0.05, 0) is 32.1 Å². The minimum absolute atomic E-state index is 0.0704. The SMILES string of the molecule is O=C(NC1CCCCCC1O)N[C@H]1CC[C@@H](C(=O)O)C1. The van der Waals surface area contributed by atoms with Crippen molar-refractivity contribution in [1.29, 1.82) is 0 Å². The quantitative estimate of drug-likeness (QED) is 0.586. The van der Waals surface area contributed by atoms with Crippen molar-refractivity contribution in [2.75, 3.05) is 0 Å². The molecule has 0 spiro atoms. The molecule has 2 aliphatic rings. The first-order valence-electron chi connectivity index (χ1n) is 7.54. The number of carbonyl (C=O) groups is 2. The van der Waals surface area contributed by atoms with Crippen LogP contribution < -0.4 is 10.6 Å².